The number of anilines is 1. The zero-order valence-corrected chi connectivity index (χ0v) is 15.1. The van der Waals surface area contributed by atoms with Gasteiger partial charge in [-0.25, -0.2) is 4.98 Å². The van der Waals surface area contributed by atoms with Gasteiger partial charge >= 0.3 is 6.18 Å². The van der Waals surface area contributed by atoms with Gasteiger partial charge in [0.1, 0.15) is 0 Å². The number of hydrogen-bond acceptors (Lipinski definition) is 4. The van der Waals surface area contributed by atoms with Crippen molar-refractivity contribution in [3.63, 3.8) is 0 Å². The first-order valence-corrected chi connectivity index (χ1v) is 8.96. The molecule has 2 N–H and O–H groups in total. The van der Waals surface area contributed by atoms with E-state index in [-0.39, 0.29) is 16.5 Å². The Labute approximate surface area is 161 Å². The molecule has 0 unspecified atom stereocenters. The van der Waals surface area contributed by atoms with Crippen LogP contribution in [0.5, 0.6) is 0 Å². The number of nitrogens with zero attached hydrogens (tertiary/aromatic N) is 2. The summed E-state index contributed by atoms with van der Waals surface area (Å²) in [6, 6.07) is 12.0. The van der Waals surface area contributed by atoms with E-state index in [0.29, 0.717) is 11.0 Å². The highest BCUT2D eigenvalue weighted by Gasteiger charge is 2.31. The molecule has 0 saturated heterocycles. The maximum Gasteiger partial charge on any atom is 0.416 e. The van der Waals surface area contributed by atoms with Crippen LogP contribution in [0.4, 0.5) is 18.9 Å². The minimum atomic E-state index is -4.52. The zero-order valence-electron chi connectivity index (χ0n) is 13.5. The van der Waals surface area contributed by atoms with Crippen LogP contribution >= 0.6 is 23.4 Å². The molecular formula is C17H12ClF3N4OS. The lowest BCUT2D eigenvalue weighted by Crippen LogP contribution is -2.15. The molecule has 3 rings (SSSR count). The minimum absolute atomic E-state index is 0.0191. The fourth-order valence-electron chi connectivity index (χ4n) is 2.15. The van der Waals surface area contributed by atoms with Gasteiger partial charge in [-0.1, -0.05) is 53.7 Å². The number of halogens is 4. The molecule has 5 nitrogen and oxygen atoms in total. The van der Waals surface area contributed by atoms with Crippen molar-refractivity contribution in [2.45, 2.75) is 11.3 Å². The number of alkyl halides is 3. The lowest BCUT2D eigenvalue weighted by molar-refractivity contribution is -0.137. The molecule has 0 saturated carbocycles. The fraction of sp³-hybridized carbons (Fsp3) is 0.118. The molecule has 0 spiro atoms. The summed E-state index contributed by atoms with van der Waals surface area (Å²) in [6.45, 7) is 0. The van der Waals surface area contributed by atoms with E-state index >= 15 is 0 Å². The SMILES string of the molecule is O=C(CSc1n[nH]c(-c2ccccc2)n1)Nc1cc(C(F)(F)F)ccc1Cl. The number of amides is 1. The standard InChI is InChI=1S/C17H12ClF3N4OS/c18-12-7-6-11(17(19,20)21)8-13(12)22-14(26)9-27-16-23-15(24-25-16)10-4-2-1-3-5-10/h1-8H,9H2,(H,22,26)(H,23,24,25). The third-order valence-corrected chi connectivity index (χ3v) is 4.59. The number of carbonyl (C=O) groups excluding carboxylic acids is 1. The molecule has 0 bridgehead atoms. The quantitative estimate of drug-likeness (QED) is 0.586. The van der Waals surface area contributed by atoms with Crippen molar-refractivity contribution in [1.29, 1.82) is 0 Å². The number of nitrogens with one attached hydrogen (secondary N) is 2. The largest absolute Gasteiger partial charge is 0.416 e. The number of benzene rings is 2. The first-order valence-electron chi connectivity index (χ1n) is 7.60. The van der Waals surface area contributed by atoms with Gasteiger partial charge in [0.05, 0.1) is 22.0 Å². The van der Waals surface area contributed by atoms with Crippen molar-refractivity contribution in [1.82, 2.24) is 15.2 Å². The lowest BCUT2D eigenvalue weighted by Gasteiger charge is -2.11. The van der Waals surface area contributed by atoms with Crippen LogP contribution in [0.25, 0.3) is 11.4 Å². The molecule has 140 valence electrons. The first kappa shape index (κ1) is 19.2. The highest BCUT2D eigenvalue weighted by molar-refractivity contribution is 7.99. The van der Waals surface area contributed by atoms with Crippen molar-refractivity contribution in [3.05, 3.63) is 59.1 Å². The Kier molecular flexibility index (Phi) is 5.71. The maximum atomic E-state index is 12.8. The summed E-state index contributed by atoms with van der Waals surface area (Å²) in [5.41, 5.74) is -0.148. The van der Waals surface area contributed by atoms with Crippen molar-refractivity contribution >= 4 is 35.0 Å². The second-order valence-electron chi connectivity index (χ2n) is 5.36. The Morgan fingerprint density at radius 3 is 2.63 bits per heavy atom. The number of hydrogen-bond donors (Lipinski definition) is 2. The van der Waals surface area contributed by atoms with E-state index in [2.05, 4.69) is 20.5 Å². The van der Waals surface area contributed by atoms with Gasteiger partial charge in [0.25, 0.3) is 0 Å². The molecule has 1 amide bonds. The van der Waals surface area contributed by atoms with E-state index in [1.54, 1.807) is 0 Å². The van der Waals surface area contributed by atoms with Gasteiger partial charge in [-0.05, 0) is 18.2 Å². The van der Waals surface area contributed by atoms with Gasteiger partial charge < -0.3 is 5.32 Å². The van der Waals surface area contributed by atoms with Crippen LogP contribution in [0.2, 0.25) is 5.02 Å². The van der Waals surface area contributed by atoms with E-state index in [0.717, 1.165) is 35.5 Å². The summed E-state index contributed by atoms with van der Waals surface area (Å²) in [5.74, 6) is -0.0507. The van der Waals surface area contributed by atoms with Gasteiger partial charge in [0.2, 0.25) is 11.1 Å². The molecule has 27 heavy (non-hydrogen) atoms. The van der Waals surface area contributed by atoms with Gasteiger partial charge in [-0.3, -0.25) is 9.89 Å². The molecule has 0 aliphatic heterocycles. The van der Waals surface area contributed by atoms with E-state index in [4.69, 9.17) is 11.6 Å². The Hall–Kier alpha value is -2.52. The molecule has 0 aliphatic rings. The first-order chi connectivity index (χ1) is 12.8. The predicted octanol–water partition coefficient (Wildman–Crippen LogP) is 4.87. The van der Waals surface area contributed by atoms with E-state index in [1.807, 2.05) is 30.3 Å². The third kappa shape index (κ3) is 5.01. The van der Waals surface area contributed by atoms with E-state index < -0.39 is 17.6 Å². The number of H-pyrrole nitrogens is 1. The van der Waals surface area contributed by atoms with E-state index in [1.165, 1.54) is 0 Å². The molecule has 0 aliphatic carbocycles. The molecule has 0 atom stereocenters. The summed E-state index contributed by atoms with van der Waals surface area (Å²) < 4.78 is 38.3. The number of carbonyl (C=O) groups is 1. The second-order valence-corrected chi connectivity index (χ2v) is 6.71. The molecule has 0 radical (unpaired) electrons. The average molecular weight is 413 g/mol. The monoisotopic (exact) mass is 412 g/mol. The van der Waals surface area contributed by atoms with E-state index in [9.17, 15) is 18.0 Å². The number of rotatable bonds is 5. The summed E-state index contributed by atoms with van der Waals surface area (Å²) in [7, 11) is 0. The minimum Gasteiger partial charge on any atom is -0.324 e. The molecule has 2 aromatic carbocycles. The number of aromatic nitrogens is 3. The lowest BCUT2D eigenvalue weighted by atomic mass is 10.2. The van der Waals surface area contributed by atoms with Crippen molar-refractivity contribution < 1.29 is 18.0 Å². The summed E-state index contributed by atoms with van der Waals surface area (Å²) in [4.78, 5) is 16.3. The summed E-state index contributed by atoms with van der Waals surface area (Å²) >= 11 is 6.91. The third-order valence-electron chi connectivity index (χ3n) is 3.41. The van der Waals surface area contributed by atoms with Crippen LogP contribution in [0.1, 0.15) is 5.56 Å². The van der Waals surface area contributed by atoms with Crippen LogP contribution in [0, 0.1) is 0 Å². The van der Waals surface area contributed by atoms with Crippen molar-refractivity contribution in [2.75, 3.05) is 11.1 Å². The van der Waals surface area contributed by atoms with Gasteiger partial charge in [0.15, 0.2) is 5.82 Å². The zero-order chi connectivity index (χ0) is 19.4. The molecule has 10 heteroatoms. The summed E-state index contributed by atoms with van der Waals surface area (Å²) in [6.07, 6.45) is -4.52. The molecular weight excluding hydrogens is 401 g/mol. The van der Waals surface area contributed by atoms with Gasteiger partial charge in [-0.2, -0.15) is 13.2 Å². The second kappa shape index (κ2) is 8.01. The van der Waals surface area contributed by atoms with Crippen molar-refractivity contribution in [2.24, 2.45) is 0 Å². The molecule has 3 aromatic rings. The van der Waals surface area contributed by atoms with Crippen LogP contribution in [0.15, 0.2) is 53.7 Å². The molecule has 1 heterocycles. The van der Waals surface area contributed by atoms with Crippen LogP contribution in [-0.4, -0.2) is 26.8 Å². The smallest absolute Gasteiger partial charge is 0.324 e. The molecule has 1 aromatic heterocycles. The van der Waals surface area contributed by atoms with Crippen LogP contribution in [-0.2, 0) is 11.0 Å². The van der Waals surface area contributed by atoms with Crippen LogP contribution < -0.4 is 5.32 Å². The highest BCUT2D eigenvalue weighted by Crippen LogP contribution is 2.34. The Morgan fingerprint density at radius 1 is 1.19 bits per heavy atom. The number of aromatic amines is 1. The van der Waals surface area contributed by atoms with Crippen molar-refractivity contribution in [3.8, 4) is 11.4 Å². The number of thioether (sulfide) groups is 1. The topological polar surface area (TPSA) is 70.7 Å². The summed E-state index contributed by atoms with van der Waals surface area (Å²) in [5, 5.41) is 9.52. The Morgan fingerprint density at radius 2 is 1.93 bits per heavy atom. The Bertz CT molecular complexity index is 947. The predicted molar refractivity (Wildman–Crippen MR) is 97.6 cm³/mol. The van der Waals surface area contributed by atoms with Gasteiger partial charge in [0, 0.05) is 5.56 Å². The maximum absolute atomic E-state index is 12.8. The highest BCUT2D eigenvalue weighted by atomic mass is 35.5. The Balaban J connectivity index is 1.62. The van der Waals surface area contributed by atoms with Gasteiger partial charge in [-0.15, -0.1) is 5.10 Å². The fourth-order valence-corrected chi connectivity index (χ4v) is 2.91. The average Bonchev–Trinajstić information content (AvgIpc) is 3.11. The molecule has 0 fully saturated rings. The van der Waals surface area contributed by atoms with Crippen LogP contribution in [0.3, 0.4) is 0 Å². The normalized spacial score (nSPS) is 11.4.